The predicted molar refractivity (Wildman–Crippen MR) is 120 cm³/mol. The second-order valence-corrected chi connectivity index (χ2v) is 7.84. The average Bonchev–Trinajstić information content (AvgIpc) is 2.69. The Morgan fingerprint density at radius 3 is 2.33 bits per heavy atom. The van der Waals surface area contributed by atoms with Crippen LogP contribution in [-0.2, 0) is 16.0 Å². The van der Waals surface area contributed by atoms with Crippen LogP contribution >= 0.6 is 0 Å². The normalized spacial score (nSPS) is 11.5. The van der Waals surface area contributed by atoms with E-state index in [0.29, 0.717) is 17.9 Å². The number of nitrogens with one attached hydrogen (secondary N) is 2. The summed E-state index contributed by atoms with van der Waals surface area (Å²) < 4.78 is 5.51. The molecule has 160 valence electrons. The first-order chi connectivity index (χ1) is 14.2. The Labute approximate surface area is 179 Å². The van der Waals surface area contributed by atoms with Crippen molar-refractivity contribution in [1.82, 2.24) is 10.6 Å². The Kier molecular flexibility index (Phi) is 8.66. The number of carbonyl (C=O) groups excluding carboxylic acids is 2. The Morgan fingerprint density at radius 1 is 0.967 bits per heavy atom. The van der Waals surface area contributed by atoms with Crippen LogP contribution in [0.3, 0.4) is 0 Å². The van der Waals surface area contributed by atoms with Gasteiger partial charge in [-0.3, -0.25) is 9.59 Å². The summed E-state index contributed by atoms with van der Waals surface area (Å²) in [5.41, 5.74) is 5.20. The second kappa shape index (κ2) is 11.2. The van der Waals surface area contributed by atoms with Crippen LogP contribution in [0.1, 0.15) is 42.0 Å². The summed E-state index contributed by atoms with van der Waals surface area (Å²) >= 11 is 0. The maximum atomic E-state index is 12.2. The number of ether oxygens (including phenoxy) is 1. The highest BCUT2D eigenvalue weighted by atomic mass is 16.5. The lowest BCUT2D eigenvalue weighted by atomic mass is 10.1. The predicted octanol–water partition coefficient (Wildman–Crippen LogP) is 4.15. The van der Waals surface area contributed by atoms with E-state index >= 15 is 0 Å². The summed E-state index contributed by atoms with van der Waals surface area (Å²) in [6.07, 6.45) is 1.44. The summed E-state index contributed by atoms with van der Waals surface area (Å²) in [4.78, 5) is 24.2. The lowest BCUT2D eigenvalue weighted by Gasteiger charge is -2.15. The summed E-state index contributed by atoms with van der Waals surface area (Å²) in [5, 5.41) is 5.68. The van der Waals surface area contributed by atoms with Gasteiger partial charge >= 0.3 is 0 Å². The standard InChI is InChI=1S/C25H32N2O3/c1-17-6-10-22(11-7-17)15-21(5)27-24(28)13-9-20(4)26-25(29)16-30-23-12-8-18(2)19(3)14-23/h6-8,10-12,14,21H,4,9,13,15-16H2,1-3,5H3,(H,26,29)(H,27,28). The number of hydrogen-bond acceptors (Lipinski definition) is 3. The molecule has 1 unspecified atom stereocenters. The van der Waals surface area contributed by atoms with E-state index in [1.165, 1.54) is 16.7 Å². The summed E-state index contributed by atoms with van der Waals surface area (Å²) in [5.74, 6) is 0.309. The number of allylic oxidation sites excluding steroid dienone is 1. The number of carbonyl (C=O) groups is 2. The molecule has 0 heterocycles. The monoisotopic (exact) mass is 408 g/mol. The van der Waals surface area contributed by atoms with E-state index in [0.717, 1.165) is 12.0 Å². The summed E-state index contributed by atoms with van der Waals surface area (Å²) in [6, 6.07) is 14.0. The van der Waals surface area contributed by atoms with E-state index in [2.05, 4.69) is 48.4 Å². The molecular formula is C25H32N2O3. The molecule has 0 aliphatic heterocycles. The van der Waals surface area contributed by atoms with Gasteiger partial charge in [0, 0.05) is 18.2 Å². The van der Waals surface area contributed by atoms with Gasteiger partial charge in [-0.05, 0) is 69.4 Å². The Balaban J connectivity index is 1.66. The molecule has 0 aliphatic rings. The lowest BCUT2D eigenvalue weighted by Crippen LogP contribution is -2.34. The highest BCUT2D eigenvalue weighted by molar-refractivity contribution is 5.80. The van der Waals surface area contributed by atoms with Crippen molar-refractivity contribution < 1.29 is 14.3 Å². The van der Waals surface area contributed by atoms with Gasteiger partial charge in [0.05, 0.1) is 0 Å². The molecule has 0 radical (unpaired) electrons. The van der Waals surface area contributed by atoms with Gasteiger partial charge in [-0.25, -0.2) is 0 Å². The van der Waals surface area contributed by atoms with E-state index in [9.17, 15) is 9.59 Å². The number of rotatable bonds is 10. The number of aryl methyl sites for hydroxylation is 3. The van der Waals surface area contributed by atoms with Gasteiger partial charge < -0.3 is 15.4 Å². The van der Waals surface area contributed by atoms with Crippen molar-refractivity contribution in [2.75, 3.05) is 6.61 Å². The topological polar surface area (TPSA) is 67.4 Å². The maximum absolute atomic E-state index is 12.2. The zero-order valence-electron chi connectivity index (χ0n) is 18.4. The number of benzene rings is 2. The molecule has 5 heteroatoms. The third-order valence-corrected chi connectivity index (χ3v) is 4.89. The third kappa shape index (κ3) is 8.11. The van der Waals surface area contributed by atoms with Crippen molar-refractivity contribution in [2.24, 2.45) is 0 Å². The Morgan fingerprint density at radius 2 is 1.67 bits per heavy atom. The van der Waals surface area contributed by atoms with Gasteiger partial charge in [0.1, 0.15) is 5.75 Å². The molecule has 2 N–H and O–H groups in total. The minimum Gasteiger partial charge on any atom is -0.484 e. The van der Waals surface area contributed by atoms with Gasteiger partial charge in [-0.2, -0.15) is 0 Å². The van der Waals surface area contributed by atoms with Crippen molar-refractivity contribution in [3.8, 4) is 5.75 Å². The molecule has 2 amide bonds. The van der Waals surface area contributed by atoms with Gasteiger partial charge in [0.15, 0.2) is 6.61 Å². The molecule has 0 aliphatic carbocycles. The first-order valence-electron chi connectivity index (χ1n) is 10.3. The van der Waals surface area contributed by atoms with Gasteiger partial charge in [0.2, 0.25) is 5.91 Å². The first-order valence-corrected chi connectivity index (χ1v) is 10.3. The van der Waals surface area contributed by atoms with E-state index in [1.807, 2.05) is 39.0 Å². The van der Waals surface area contributed by atoms with Crippen LogP contribution in [0.15, 0.2) is 54.7 Å². The molecular weight excluding hydrogens is 376 g/mol. The average molecular weight is 409 g/mol. The van der Waals surface area contributed by atoms with Crippen molar-refractivity contribution >= 4 is 11.8 Å². The summed E-state index contributed by atoms with van der Waals surface area (Å²) in [7, 11) is 0. The maximum Gasteiger partial charge on any atom is 0.262 e. The fourth-order valence-corrected chi connectivity index (χ4v) is 2.99. The quantitative estimate of drug-likeness (QED) is 0.621. The third-order valence-electron chi connectivity index (χ3n) is 4.89. The fourth-order valence-electron chi connectivity index (χ4n) is 2.99. The van der Waals surface area contributed by atoms with Crippen LogP contribution < -0.4 is 15.4 Å². The molecule has 0 spiro atoms. The molecule has 2 rings (SSSR count). The van der Waals surface area contributed by atoms with Crippen molar-refractivity contribution in [1.29, 1.82) is 0 Å². The Hall–Kier alpha value is -3.08. The SMILES string of the molecule is C=C(CCC(=O)NC(C)Cc1ccc(C)cc1)NC(=O)COc1ccc(C)c(C)c1. The number of hydrogen-bond donors (Lipinski definition) is 2. The van der Waals surface area contributed by atoms with Crippen LogP contribution in [0.25, 0.3) is 0 Å². The van der Waals surface area contributed by atoms with Crippen LogP contribution in [-0.4, -0.2) is 24.5 Å². The largest absolute Gasteiger partial charge is 0.484 e. The molecule has 2 aromatic rings. The molecule has 0 saturated heterocycles. The van der Waals surface area contributed by atoms with Crippen LogP contribution in [0.2, 0.25) is 0 Å². The van der Waals surface area contributed by atoms with Gasteiger partial charge in [-0.1, -0.05) is 42.5 Å². The van der Waals surface area contributed by atoms with Crippen molar-refractivity contribution in [3.63, 3.8) is 0 Å². The molecule has 0 aromatic heterocycles. The highest BCUT2D eigenvalue weighted by Gasteiger charge is 2.10. The van der Waals surface area contributed by atoms with Crippen LogP contribution in [0.4, 0.5) is 0 Å². The van der Waals surface area contributed by atoms with Gasteiger partial charge in [-0.15, -0.1) is 0 Å². The summed E-state index contributed by atoms with van der Waals surface area (Å²) in [6.45, 7) is 11.8. The van der Waals surface area contributed by atoms with E-state index in [1.54, 1.807) is 0 Å². The van der Waals surface area contributed by atoms with Crippen molar-refractivity contribution in [2.45, 2.75) is 53.0 Å². The van der Waals surface area contributed by atoms with E-state index in [-0.39, 0.29) is 30.9 Å². The molecule has 1 atom stereocenters. The number of amides is 2. The lowest BCUT2D eigenvalue weighted by molar-refractivity contribution is -0.123. The zero-order valence-corrected chi connectivity index (χ0v) is 18.4. The van der Waals surface area contributed by atoms with Gasteiger partial charge in [0.25, 0.3) is 5.91 Å². The molecule has 0 fully saturated rings. The van der Waals surface area contributed by atoms with E-state index < -0.39 is 0 Å². The van der Waals surface area contributed by atoms with Crippen LogP contribution in [0, 0.1) is 20.8 Å². The molecule has 2 aromatic carbocycles. The highest BCUT2D eigenvalue weighted by Crippen LogP contribution is 2.16. The molecule has 0 bridgehead atoms. The molecule has 5 nitrogen and oxygen atoms in total. The minimum atomic E-state index is -0.286. The second-order valence-electron chi connectivity index (χ2n) is 7.84. The minimum absolute atomic E-state index is 0.0365. The van der Waals surface area contributed by atoms with Crippen LogP contribution in [0.5, 0.6) is 5.75 Å². The smallest absolute Gasteiger partial charge is 0.262 e. The Bertz CT molecular complexity index is 888. The molecule has 0 saturated carbocycles. The zero-order chi connectivity index (χ0) is 22.1. The van der Waals surface area contributed by atoms with E-state index in [4.69, 9.17) is 4.74 Å². The van der Waals surface area contributed by atoms with Crippen molar-refractivity contribution in [3.05, 3.63) is 77.0 Å². The molecule has 30 heavy (non-hydrogen) atoms. The fraction of sp³-hybridized carbons (Fsp3) is 0.360. The first kappa shape index (κ1) is 23.2.